The lowest BCUT2D eigenvalue weighted by molar-refractivity contribution is -0.119. The Morgan fingerprint density at radius 3 is 2.41 bits per heavy atom. The van der Waals surface area contributed by atoms with Crippen LogP contribution in [0.3, 0.4) is 0 Å². The number of rotatable bonds is 6. The number of hydrogen-bond acceptors (Lipinski definition) is 4. The first-order valence-corrected chi connectivity index (χ1v) is 6.55. The van der Waals surface area contributed by atoms with Crippen LogP contribution in [0.5, 0.6) is 5.75 Å². The molecule has 0 saturated heterocycles. The van der Waals surface area contributed by atoms with Crippen molar-refractivity contribution >= 4 is 18.0 Å². The Balaban J connectivity index is 1.88. The van der Waals surface area contributed by atoms with Crippen LogP contribution < -0.4 is 15.9 Å². The molecule has 22 heavy (non-hydrogen) atoms. The fraction of sp³-hybridized carbons (Fsp3) is 0.0625. The van der Waals surface area contributed by atoms with Gasteiger partial charge in [-0.3, -0.25) is 9.59 Å². The molecule has 0 unspecified atom stereocenters. The van der Waals surface area contributed by atoms with E-state index in [1.54, 1.807) is 48.5 Å². The molecule has 0 radical (unpaired) electrons. The second-order valence-corrected chi connectivity index (χ2v) is 4.39. The zero-order valence-electron chi connectivity index (χ0n) is 11.7. The third kappa shape index (κ3) is 4.75. The Hall–Kier alpha value is -3.15. The molecule has 0 heterocycles. The van der Waals surface area contributed by atoms with Crippen LogP contribution in [0, 0.1) is 0 Å². The summed E-state index contributed by atoms with van der Waals surface area (Å²) in [6.07, 6.45) is 1.51. The standard InChI is InChI=1S/C16H15N3O3/c17-15(20)11-22-14-8-6-12(7-9-14)10-18-19-16(21)13-4-2-1-3-5-13/h1-10H,11H2,(H2,17,20)(H,19,21). The first-order valence-electron chi connectivity index (χ1n) is 6.55. The van der Waals surface area contributed by atoms with Crippen molar-refractivity contribution in [1.29, 1.82) is 0 Å². The Kier molecular flexibility index (Phi) is 5.25. The second-order valence-electron chi connectivity index (χ2n) is 4.39. The molecule has 0 bridgehead atoms. The van der Waals surface area contributed by atoms with Gasteiger partial charge in [-0.15, -0.1) is 0 Å². The molecule has 0 aliphatic carbocycles. The van der Waals surface area contributed by atoms with Gasteiger partial charge in [-0.25, -0.2) is 5.43 Å². The largest absolute Gasteiger partial charge is 0.484 e. The second kappa shape index (κ2) is 7.58. The van der Waals surface area contributed by atoms with Gasteiger partial charge in [-0.2, -0.15) is 5.10 Å². The van der Waals surface area contributed by atoms with Crippen LogP contribution in [0.1, 0.15) is 15.9 Å². The number of nitrogens with zero attached hydrogens (tertiary/aromatic N) is 1. The predicted molar refractivity (Wildman–Crippen MR) is 82.6 cm³/mol. The Labute approximate surface area is 127 Å². The van der Waals surface area contributed by atoms with E-state index in [1.807, 2.05) is 6.07 Å². The van der Waals surface area contributed by atoms with Crippen molar-refractivity contribution in [2.45, 2.75) is 0 Å². The highest BCUT2D eigenvalue weighted by atomic mass is 16.5. The molecule has 2 amide bonds. The van der Waals surface area contributed by atoms with Gasteiger partial charge in [-0.1, -0.05) is 18.2 Å². The maximum absolute atomic E-state index is 11.7. The number of amides is 2. The zero-order valence-corrected chi connectivity index (χ0v) is 11.7. The molecule has 0 fully saturated rings. The van der Waals surface area contributed by atoms with Crippen molar-refractivity contribution in [3.8, 4) is 5.75 Å². The van der Waals surface area contributed by atoms with Crippen molar-refractivity contribution in [1.82, 2.24) is 5.43 Å². The molecule has 0 aliphatic heterocycles. The minimum atomic E-state index is -0.533. The van der Waals surface area contributed by atoms with Gasteiger partial charge in [0.05, 0.1) is 6.21 Å². The summed E-state index contributed by atoms with van der Waals surface area (Å²) in [6.45, 7) is -0.166. The summed E-state index contributed by atoms with van der Waals surface area (Å²) in [7, 11) is 0. The monoisotopic (exact) mass is 297 g/mol. The zero-order chi connectivity index (χ0) is 15.8. The molecule has 0 aromatic heterocycles. The summed E-state index contributed by atoms with van der Waals surface area (Å²) in [6, 6.07) is 15.7. The van der Waals surface area contributed by atoms with E-state index in [-0.39, 0.29) is 12.5 Å². The van der Waals surface area contributed by atoms with Crippen molar-refractivity contribution in [3.63, 3.8) is 0 Å². The summed E-state index contributed by atoms with van der Waals surface area (Å²) < 4.78 is 5.13. The van der Waals surface area contributed by atoms with Gasteiger partial charge in [0.25, 0.3) is 11.8 Å². The number of carbonyl (C=O) groups is 2. The van der Waals surface area contributed by atoms with E-state index in [4.69, 9.17) is 10.5 Å². The van der Waals surface area contributed by atoms with Crippen LogP contribution in [0.2, 0.25) is 0 Å². The summed E-state index contributed by atoms with van der Waals surface area (Å²) in [5, 5.41) is 3.88. The Morgan fingerprint density at radius 1 is 1.09 bits per heavy atom. The summed E-state index contributed by atoms with van der Waals surface area (Å²) in [5.74, 6) is -0.281. The highest BCUT2D eigenvalue weighted by Gasteiger charge is 2.01. The molecule has 112 valence electrons. The van der Waals surface area contributed by atoms with Gasteiger partial charge in [0.1, 0.15) is 5.75 Å². The molecular weight excluding hydrogens is 282 g/mol. The number of hydrogen-bond donors (Lipinski definition) is 2. The van der Waals surface area contributed by atoms with Gasteiger partial charge >= 0.3 is 0 Å². The molecule has 2 rings (SSSR count). The number of benzene rings is 2. The third-order valence-corrected chi connectivity index (χ3v) is 2.68. The fourth-order valence-electron chi connectivity index (χ4n) is 1.62. The van der Waals surface area contributed by atoms with E-state index in [0.717, 1.165) is 5.56 Å². The number of hydrazone groups is 1. The molecule has 0 spiro atoms. The molecule has 0 atom stereocenters. The molecule has 2 aromatic rings. The van der Waals surface area contributed by atoms with E-state index < -0.39 is 5.91 Å². The van der Waals surface area contributed by atoms with Crippen LogP contribution in [0.25, 0.3) is 0 Å². The van der Waals surface area contributed by atoms with Crippen molar-refractivity contribution in [2.24, 2.45) is 10.8 Å². The molecular formula is C16H15N3O3. The van der Waals surface area contributed by atoms with E-state index in [0.29, 0.717) is 11.3 Å². The van der Waals surface area contributed by atoms with E-state index >= 15 is 0 Å². The fourth-order valence-corrected chi connectivity index (χ4v) is 1.62. The highest BCUT2D eigenvalue weighted by molar-refractivity contribution is 5.94. The molecule has 0 aliphatic rings. The van der Waals surface area contributed by atoms with Crippen LogP contribution in [0.15, 0.2) is 59.7 Å². The maximum Gasteiger partial charge on any atom is 0.271 e. The highest BCUT2D eigenvalue weighted by Crippen LogP contribution is 2.10. The number of nitrogens with one attached hydrogen (secondary N) is 1. The first kappa shape index (κ1) is 15.2. The molecule has 6 nitrogen and oxygen atoms in total. The van der Waals surface area contributed by atoms with Gasteiger partial charge in [0.15, 0.2) is 6.61 Å². The van der Waals surface area contributed by atoms with Crippen LogP contribution in [-0.4, -0.2) is 24.6 Å². The average molecular weight is 297 g/mol. The molecule has 6 heteroatoms. The van der Waals surface area contributed by atoms with Gasteiger partial charge in [0.2, 0.25) is 0 Å². The lowest BCUT2D eigenvalue weighted by atomic mass is 10.2. The van der Waals surface area contributed by atoms with Gasteiger partial charge in [-0.05, 0) is 42.0 Å². The lowest BCUT2D eigenvalue weighted by Crippen LogP contribution is -2.20. The SMILES string of the molecule is NC(=O)COc1ccc(C=NNC(=O)c2ccccc2)cc1. The van der Waals surface area contributed by atoms with E-state index in [1.165, 1.54) is 6.21 Å². The average Bonchev–Trinajstić information content (AvgIpc) is 2.55. The van der Waals surface area contributed by atoms with Crippen molar-refractivity contribution < 1.29 is 14.3 Å². The van der Waals surface area contributed by atoms with Gasteiger partial charge in [0, 0.05) is 5.56 Å². The van der Waals surface area contributed by atoms with Crippen LogP contribution >= 0.6 is 0 Å². The summed E-state index contributed by atoms with van der Waals surface area (Å²) >= 11 is 0. The van der Waals surface area contributed by atoms with Crippen molar-refractivity contribution in [3.05, 3.63) is 65.7 Å². The molecule has 2 aromatic carbocycles. The topological polar surface area (TPSA) is 93.8 Å². The Bertz CT molecular complexity index is 667. The first-order chi connectivity index (χ1) is 10.6. The summed E-state index contributed by atoms with van der Waals surface area (Å²) in [4.78, 5) is 22.3. The van der Waals surface area contributed by atoms with Crippen molar-refractivity contribution in [2.75, 3.05) is 6.61 Å². The third-order valence-electron chi connectivity index (χ3n) is 2.68. The minimum absolute atomic E-state index is 0.166. The smallest absolute Gasteiger partial charge is 0.271 e. The quantitative estimate of drug-likeness (QED) is 0.622. The van der Waals surface area contributed by atoms with E-state index in [2.05, 4.69) is 10.5 Å². The van der Waals surface area contributed by atoms with Gasteiger partial charge < -0.3 is 10.5 Å². The summed E-state index contributed by atoms with van der Waals surface area (Å²) in [5.41, 5.74) is 8.74. The number of ether oxygens (including phenoxy) is 1. The normalized spacial score (nSPS) is 10.4. The minimum Gasteiger partial charge on any atom is -0.484 e. The maximum atomic E-state index is 11.7. The van der Waals surface area contributed by atoms with E-state index in [9.17, 15) is 9.59 Å². The lowest BCUT2D eigenvalue weighted by Gasteiger charge is -2.03. The number of carbonyl (C=O) groups excluding carboxylic acids is 2. The molecule has 3 N–H and O–H groups in total. The Morgan fingerprint density at radius 2 is 1.77 bits per heavy atom. The number of primary amides is 1. The number of nitrogens with two attached hydrogens (primary N) is 1. The van der Waals surface area contributed by atoms with Crippen LogP contribution in [0.4, 0.5) is 0 Å². The van der Waals surface area contributed by atoms with Crippen LogP contribution in [-0.2, 0) is 4.79 Å². The molecule has 0 saturated carbocycles. The predicted octanol–water partition coefficient (Wildman–Crippen LogP) is 1.31.